The lowest BCUT2D eigenvalue weighted by Crippen LogP contribution is -2.58. The van der Waals surface area contributed by atoms with Gasteiger partial charge in [0, 0.05) is 0 Å². The van der Waals surface area contributed by atoms with Crippen LogP contribution in [0.4, 0.5) is 0 Å². The van der Waals surface area contributed by atoms with Crippen molar-refractivity contribution in [2.75, 3.05) is 0 Å². The molecule has 120 valence electrons. The Kier molecular flexibility index (Phi) is 4.01. The standard InChI is InChI=1S/C20H34O/c1-4-5-6-7-8-9-17(21)20-12-16-10-18(2,14-20)13-19(3,11-16)15-20/h4,16-17,21H,1,5-15H2,2-3H3. The van der Waals surface area contributed by atoms with Crippen LogP contribution in [0.25, 0.3) is 0 Å². The fraction of sp³-hybridized carbons (Fsp3) is 0.900. The molecule has 0 heterocycles. The first-order valence-electron chi connectivity index (χ1n) is 9.18. The van der Waals surface area contributed by atoms with Gasteiger partial charge in [-0.15, -0.1) is 6.58 Å². The van der Waals surface area contributed by atoms with Gasteiger partial charge in [0.2, 0.25) is 0 Å². The molecule has 0 aromatic rings. The van der Waals surface area contributed by atoms with Crippen molar-refractivity contribution < 1.29 is 5.11 Å². The van der Waals surface area contributed by atoms with Crippen LogP contribution in [0.3, 0.4) is 0 Å². The van der Waals surface area contributed by atoms with Crippen LogP contribution in [0.2, 0.25) is 0 Å². The van der Waals surface area contributed by atoms with Crippen LogP contribution < -0.4 is 0 Å². The predicted molar refractivity (Wildman–Crippen MR) is 89.1 cm³/mol. The lowest BCUT2D eigenvalue weighted by Gasteiger charge is -2.66. The Morgan fingerprint density at radius 2 is 1.71 bits per heavy atom. The molecule has 0 saturated heterocycles. The summed E-state index contributed by atoms with van der Waals surface area (Å²) in [7, 11) is 0. The number of hydrogen-bond acceptors (Lipinski definition) is 1. The van der Waals surface area contributed by atoms with Gasteiger partial charge in [0.15, 0.2) is 0 Å². The van der Waals surface area contributed by atoms with Crippen molar-refractivity contribution in [2.45, 2.75) is 90.6 Å². The van der Waals surface area contributed by atoms with E-state index < -0.39 is 0 Å². The maximum absolute atomic E-state index is 11.0. The second kappa shape index (κ2) is 5.41. The summed E-state index contributed by atoms with van der Waals surface area (Å²) in [6.07, 6.45) is 15.9. The van der Waals surface area contributed by atoms with Crippen molar-refractivity contribution in [1.82, 2.24) is 0 Å². The van der Waals surface area contributed by atoms with Gasteiger partial charge in [0.25, 0.3) is 0 Å². The average Bonchev–Trinajstić information content (AvgIpc) is 2.33. The minimum atomic E-state index is -0.0525. The van der Waals surface area contributed by atoms with Gasteiger partial charge in [-0.05, 0) is 80.0 Å². The minimum absolute atomic E-state index is 0.0525. The largest absolute Gasteiger partial charge is 0.393 e. The number of aliphatic hydroxyl groups excluding tert-OH is 1. The fourth-order valence-electron chi connectivity index (χ4n) is 7.02. The van der Waals surface area contributed by atoms with Gasteiger partial charge >= 0.3 is 0 Å². The van der Waals surface area contributed by atoms with Crippen LogP contribution in [0.1, 0.15) is 84.5 Å². The highest BCUT2D eigenvalue weighted by atomic mass is 16.3. The first-order chi connectivity index (χ1) is 9.89. The predicted octanol–water partition coefficient (Wildman–Crippen LogP) is 5.48. The monoisotopic (exact) mass is 290 g/mol. The molecule has 0 radical (unpaired) electrons. The third-order valence-corrected chi connectivity index (χ3v) is 6.76. The SMILES string of the molecule is C=CCCCCCC(O)C12CC3CC(C)(CC(C)(C3)C1)C2. The maximum Gasteiger partial charge on any atom is 0.0596 e. The van der Waals surface area contributed by atoms with Crippen LogP contribution in [0.5, 0.6) is 0 Å². The Balaban J connectivity index is 1.62. The molecular formula is C20H34O. The first kappa shape index (κ1) is 15.6. The van der Waals surface area contributed by atoms with Crippen LogP contribution in [0, 0.1) is 22.2 Å². The van der Waals surface area contributed by atoms with Crippen LogP contribution in [-0.2, 0) is 0 Å². The van der Waals surface area contributed by atoms with Crippen LogP contribution >= 0.6 is 0 Å². The van der Waals surface area contributed by atoms with Crippen LogP contribution in [0.15, 0.2) is 12.7 Å². The van der Waals surface area contributed by atoms with E-state index in [9.17, 15) is 5.11 Å². The molecule has 4 aliphatic rings. The number of unbranched alkanes of at least 4 members (excludes halogenated alkanes) is 3. The molecule has 4 rings (SSSR count). The molecule has 1 N–H and O–H groups in total. The topological polar surface area (TPSA) is 20.2 Å². The van der Waals surface area contributed by atoms with E-state index in [0.717, 1.165) is 18.8 Å². The Morgan fingerprint density at radius 3 is 2.29 bits per heavy atom. The summed E-state index contributed by atoms with van der Waals surface area (Å²) >= 11 is 0. The summed E-state index contributed by atoms with van der Waals surface area (Å²) in [5, 5.41) is 11.0. The molecule has 3 unspecified atom stereocenters. The van der Waals surface area contributed by atoms with E-state index in [4.69, 9.17) is 0 Å². The second-order valence-electron chi connectivity index (χ2n) is 9.43. The van der Waals surface area contributed by atoms with Crippen molar-refractivity contribution >= 4 is 0 Å². The van der Waals surface area contributed by atoms with Gasteiger partial charge in [-0.3, -0.25) is 0 Å². The van der Waals surface area contributed by atoms with E-state index in [1.54, 1.807) is 0 Å². The summed E-state index contributed by atoms with van der Waals surface area (Å²) < 4.78 is 0. The van der Waals surface area contributed by atoms with E-state index in [1.807, 2.05) is 6.08 Å². The highest BCUT2D eigenvalue weighted by molar-refractivity contribution is 5.12. The molecule has 4 fully saturated rings. The lowest BCUT2D eigenvalue weighted by molar-refractivity contribution is -0.186. The van der Waals surface area contributed by atoms with E-state index in [1.165, 1.54) is 57.8 Å². The summed E-state index contributed by atoms with van der Waals surface area (Å²) in [5.41, 5.74) is 1.32. The smallest absolute Gasteiger partial charge is 0.0596 e. The zero-order chi connectivity index (χ0) is 15.1. The minimum Gasteiger partial charge on any atom is -0.393 e. The normalized spacial score (nSPS) is 45.8. The Hall–Kier alpha value is -0.300. The first-order valence-corrected chi connectivity index (χ1v) is 9.18. The summed E-state index contributed by atoms with van der Waals surface area (Å²) in [6.45, 7) is 8.79. The van der Waals surface area contributed by atoms with Gasteiger partial charge in [-0.25, -0.2) is 0 Å². The lowest BCUT2D eigenvalue weighted by atomic mass is 9.39. The number of rotatable bonds is 7. The Bertz CT molecular complexity index is 381. The van der Waals surface area contributed by atoms with Crippen molar-refractivity contribution in [1.29, 1.82) is 0 Å². The van der Waals surface area contributed by atoms with E-state index in [2.05, 4.69) is 20.4 Å². The molecule has 0 aliphatic heterocycles. The molecule has 4 bridgehead atoms. The van der Waals surface area contributed by atoms with Gasteiger partial charge in [-0.2, -0.15) is 0 Å². The maximum atomic E-state index is 11.0. The molecule has 0 spiro atoms. The highest BCUT2D eigenvalue weighted by Crippen LogP contribution is 2.70. The molecule has 3 atom stereocenters. The molecule has 0 amide bonds. The van der Waals surface area contributed by atoms with Gasteiger partial charge in [0.1, 0.15) is 0 Å². The summed E-state index contributed by atoms with van der Waals surface area (Å²) in [5.74, 6) is 0.895. The molecule has 1 heteroatoms. The summed E-state index contributed by atoms with van der Waals surface area (Å²) in [4.78, 5) is 0. The number of hydrogen-bond donors (Lipinski definition) is 1. The van der Waals surface area contributed by atoms with Crippen molar-refractivity contribution in [3.8, 4) is 0 Å². The Morgan fingerprint density at radius 1 is 1.05 bits per heavy atom. The molecule has 21 heavy (non-hydrogen) atoms. The molecule has 1 nitrogen and oxygen atoms in total. The van der Waals surface area contributed by atoms with Crippen LogP contribution in [-0.4, -0.2) is 11.2 Å². The zero-order valence-corrected chi connectivity index (χ0v) is 14.2. The quantitative estimate of drug-likeness (QED) is 0.486. The molecule has 4 aliphatic carbocycles. The Labute approximate surface area is 131 Å². The number of allylic oxidation sites excluding steroid dienone is 1. The molecule has 4 saturated carbocycles. The highest BCUT2D eigenvalue weighted by Gasteiger charge is 2.61. The fourth-order valence-corrected chi connectivity index (χ4v) is 7.02. The third kappa shape index (κ3) is 2.96. The van der Waals surface area contributed by atoms with Gasteiger partial charge in [0.05, 0.1) is 6.10 Å². The number of aliphatic hydroxyl groups is 1. The van der Waals surface area contributed by atoms with Crippen molar-refractivity contribution in [3.63, 3.8) is 0 Å². The molecule has 0 aromatic heterocycles. The van der Waals surface area contributed by atoms with E-state index in [-0.39, 0.29) is 11.5 Å². The van der Waals surface area contributed by atoms with E-state index in [0.29, 0.717) is 10.8 Å². The van der Waals surface area contributed by atoms with Gasteiger partial charge in [-0.1, -0.05) is 32.8 Å². The van der Waals surface area contributed by atoms with Crippen molar-refractivity contribution in [3.05, 3.63) is 12.7 Å². The zero-order valence-electron chi connectivity index (χ0n) is 14.2. The van der Waals surface area contributed by atoms with Gasteiger partial charge < -0.3 is 5.11 Å². The molecular weight excluding hydrogens is 256 g/mol. The molecule has 0 aromatic carbocycles. The third-order valence-electron chi connectivity index (χ3n) is 6.76. The average molecular weight is 290 g/mol. The van der Waals surface area contributed by atoms with E-state index >= 15 is 0 Å². The van der Waals surface area contributed by atoms with Crippen molar-refractivity contribution in [2.24, 2.45) is 22.2 Å². The second-order valence-corrected chi connectivity index (χ2v) is 9.43. The summed E-state index contributed by atoms with van der Waals surface area (Å²) in [6, 6.07) is 0.